The minimum Gasteiger partial charge on any atom is -0.493 e. The van der Waals surface area contributed by atoms with Crippen LogP contribution in [0, 0.1) is 0 Å². The average molecular weight is 368 g/mol. The Morgan fingerprint density at radius 2 is 1.92 bits per heavy atom. The SMILES string of the molecule is COc1ccc(C(=O)CN(N=C(C)C)[C@@H]2CCS(=O)(=O)C2)cc1OC. The maximum absolute atomic E-state index is 12.7. The number of nitrogens with zero attached hydrogens (tertiary/aromatic N) is 2. The molecule has 0 amide bonds. The number of carbonyl (C=O) groups is 1. The van der Waals surface area contributed by atoms with Crippen LogP contribution < -0.4 is 9.47 Å². The van der Waals surface area contributed by atoms with E-state index in [2.05, 4.69) is 5.10 Å². The summed E-state index contributed by atoms with van der Waals surface area (Å²) in [5.74, 6) is 1.02. The molecule has 138 valence electrons. The molecule has 0 unspecified atom stereocenters. The lowest BCUT2D eigenvalue weighted by molar-refractivity contribution is 0.0905. The molecule has 0 radical (unpaired) electrons. The van der Waals surface area contributed by atoms with Crippen LogP contribution in [0.5, 0.6) is 11.5 Å². The molecule has 1 aromatic carbocycles. The van der Waals surface area contributed by atoms with Crippen LogP contribution in [0.4, 0.5) is 0 Å². The van der Waals surface area contributed by atoms with Crippen molar-refractivity contribution in [2.75, 3.05) is 32.3 Å². The van der Waals surface area contributed by atoms with Crippen LogP contribution in [-0.2, 0) is 9.84 Å². The van der Waals surface area contributed by atoms with Crippen LogP contribution in [0.2, 0.25) is 0 Å². The van der Waals surface area contributed by atoms with Gasteiger partial charge in [-0.3, -0.25) is 9.80 Å². The van der Waals surface area contributed by atoms with Gasteiger partial charge in [-0.25, -0.2) is 8.42 Å². The Morgan fingerprint density at radius 1 is 1.24 bits per heavy atom. The van der Waals surface area contributed by atoms with Crippen LogP contribution in [0.15, 0.2) is 23.3 Å². The molecule has 0 aliphatic carbocycles. The lowest BCUT2D eigenvalue weighted by Gasteiger charge is -2.25. The molecule has 0 spiro atoms. The smallest absolute Gasteiger partial charge is 0.183 e. The molecule has 1 heterocycles. The zero-order valence-electron chi connectivity index (χ0n) is 15.0. The summed E-state index contributed by atoms with van der Waals surface area (Å²) in [6, 6.07) is 4.68. The topological polar surface area (TPSA) is 85.3 Å². The predicted octanol–water partition coefficient (Wildman–Crippen LogP) is 1.77. The molecule has 0 bridgehead atoms. The molecule has 2 rings (SSSR count). The highest BCUT2D eigenvalue weighted by molar-refractivity contribution is 7.91. The van der Waals surface area contributed by atoms with Crippen molar-refractivity contribution >= 4 is 21.3 Å². The zero-order valence-corrected chi connectivity index (χ0v) is 15.8. The summed E-state index contributed by atoms with van der Waals surface area (Å²) in [5.41, 5.74) is 1.23. The molecular formula is C17H24N2O5S. The maximum Gasteiger partial charge on any atom is 0.183 e. The van der Waals surface area contributed by atoms with E-state index < -0.39 is 9.84 Å². The number of Topliss-reactive ketones (excluding diaryl/α,β-unsaturated/α-hetero) is 1. The molecule has 0 saturated carbocycles. The minimum absolute atomic E-state index is 0.0147. The number of carbonyl (C=O) groups excluding carboxylic acids is 1. The van der Waals surface area contributed by atoms with Crippen molar-refractivity contribution < 1.29 is 22.7 Å². The van der Waals surface area contributed by atoms with E-state index in [1.807, 2.05) is 13.8 Å². The third-order valence-corrected chi connectivity index (χ3v) is 5.72. The van der Waals surface area contributed by atoms with Crippen molar-refractivity contribution in [2.45, 2.75) is 26.3 Å². The molecule has 0 aromatic heterocycles. The average Bonchev–Trinajstić information content (AvgIpc) is 2.93. The summed E-state index contributed by atoms with van der Waals surface area (Å²) in [6.45, 7) is 3.65. The van der Waals surface area contributed by atoms with Gasteiger partial charge in [0.05, 0.1) is 38.3 Å². The highest BCUT2D eigenvalue weighted by Gasteiger charge is 2.33. The van der Waals surface area contributed by atoms with Crippen LogP contribution in [-0.4, -0.2) is 63.2 Å². The van der Waals surface area contributed by atoms with Crippen molar-refractivity contribution in [2.24, 2.45) is 5.10 Å². The lowest BCUT2D eigenvalue weighted by atomic mass is 10.1. The number of ketones is 1. The highest BCUT2D eigenvalue weighted by Crippen LogP contribution is 2.28. The van der Waals surface area contributed by atoms with Crippen LogP contribution in [0.1, 0.15) is 30.6 Å². The van der Waals surface area contributed by atoms with Gasteiger partial charge in [0.1, 0.15) is 0 Å². The first-order chi connectivity index (χ1) is 11.8. The van der Waals surface area contributed by atoms with Gasteiger partial charge in [0.15, 0.2) is 27.1 Å². The van der Waals surface area contributed by atoms with Gasteiger partial charge < -0.3 is 9.47 Å². The van der Waals surface area contributed by atoms with Crippen molar-refractivity contribution in [1.29, 1.82) is 0 Å². The Bertz CT molecular complexity index is 769. The van der Waals surface area contributed by atoms with Gasteiger partial charge >= 0.3 is 0 Å². The number of hydrogen-bond donors (Lipinski definition) is 0. The van der Waals surface area contributed by atoms with E-state index in [9.17, 15) is 13.2 Å². The Hall–Kier alpha value is -2.09. The van der Waals surface area contributed by atoms with Gasteiger partial charge in [-0.2, -0.15) is 5.10 Å². The van der Waals surface area contributed by atoms with E-state index >= 15 is 0 Å². The van der Waals surface area contributed by atoms with Crippen molar-refractivity contribution in [3.8, 4) is 11.5 Å². The van der Waals surface area contributed by atoms with Crippen LogP contribution >= 0.6 is 0 Å². The molecule has 1 saturated heterocycles. The van der Waals surface area contributed by atoms with Crippen LogP contribution in [0.25, 0.3) is 0 Å². The first-order valence-electron chi connectivity index (χ1n) is 8.00. The Labute approximate surface area is 148 Å². The minimum atomic E-state index is -3.06. The van der Waals surface area contributed by atoms with Gasteiger partial charge in [-0.15, -0.1) is 0 Å². The predicted molar refractivity (Wildman–Crippen MR) is 96.4 cm³/mol. The van der Waals surface area contributed by atoms with Gasteiger partial charge in [0.25, 0.3) is 0 Å². The molecule has 0 N–H and O–H groups in total. The summed E-state index contributed by atoms with van der Waals surface area (Å²) in [7, 11) is -0.0205. The van der Waals surface area contributed by atoms with E-state index in [-0.39, 0.29) is 29.9 Å². The number of benzene rings is 1. The summed E-state index contributed by atoms with van der Waals surface area (Å²) in [4.78, 5) is 12.7. The quantitative estimate of drug-likeness (QED) is 0.414. The molecule has 1 fully saturated rings. The van der Waals surface area contributed by atoms with Crippen molar-refractivity contribution in [1.82, 2.24) is 5.01 Å². The number of sulfone groups is 1. The largest absolute Gasteiger partial charge is 0.493 e. The van der Waals surface area contributed by atoms with E-state index in [0.717, 1.165) is 5.71 Å². The van der Waals surface area contributed by atoms with Gasteiger partial charge in [0, 0.05) is 11.3 Å². The first-order valence-corrected chi connectivity index (χ1v) is 9.82. The normalized spacial score (nSPS) is 18.5. The summed E-state index contributed by atoms with van der Waals surface area (Å²) in [5, 5.41) is 5.97. The second kappa shape index (κ2) is 7.86. The third-order valence-electron chi connectivity index (χ3n) is 3.97. The summed E-state index contributed by atoms with van der Waals surface area (Å²) in [6.07, 6.45) is 0.484. The molecule has 1 atom stereocenters. The Balaban J connectivity index is 2.21. The molecular weight excluding hydrogens is 344 g/mol. The zero-order chi connectivity index (χ0) is 18.6. The number of methoxy groups -OCH3 is 2. The van der Waals surface area contributed by atoms with Crippen molar-refractivity contribution in [3.63, 3.8) is 0 Å². The summed E-state index contributed by atoms with van der Waals surface area (Å²) < 4.78 is 33.9. The van der Waals surface area contributed by atoms with Gasteiger partial charge in [-0.1, -0.05) is 0 Å². The molecule has 7 nitrogen and oxygen atoms in total. The molecule has 1 aliphatic rings. The first kappa shape index (κ1) is 19.2. The van der Waals surface area contributed by atoms with Crippen molar-refractivity contribution in [3.05, 3.63) is 23.8 Å². The van der Waals surface area contributed by atoms with E-state index in [0.29, 0.717) is 23.5 Å². The van der Waals surface area contributed by atoms with Crippen LogP contribution in [0.3, 0.4) is 0 Å². The maximum atomic E-state index is 12.7. The third kappa shape index (κ3) is 4.94. The Morgan fingerprint density at radius 3 is 2.44 bits per heavy atom. The molecule has 1 aliphatic heterocycles. The lowest BCUT2D eigenvalue weighted by Crippen LogP contribution is -2.36. The molecule has 8 heteroatoms. The number of rotatable bonds is 7. The monoisotopic (exact) mass is 368 g/mol. The van der Waals surface area contributed by atoms with Gasteiger partial charge in [-0.05, 0) is 38.5 Å². The fourth-order valence-electron chi connectivity index (χ4n) is 2.76. The van der Waals surface area contributed by atoms with E-state index in [1.54, 1.807) is 23.2 Å². The summed E-state index contributed by atoms with van der Waals surface area (Å²) >= 11 is 0. The van der Waals surface area contributed by atoms with Gasteiger partial charge in [0.2, 0.25) is 0 Å². The highest BCUT2D eigenvalue weighted by atomic mass is 32.2. The number of ether oxygens (including phenoxy) is 2. The Kier molecular flexibility index (Phi) is 6.05. The molecule has 25 heavy (non-hydrogen) atoms. The standard InChI is InChI=1S/C17H24N2O5S/c1-12(2)18-19(14-7-8-25(21,22)11-14)10-15(20)13-5-6-16(23-3)17(9-13)24-4/h5-6,9,14H,7-8,10-11H2,1-4H3/t14-/m1/s1. The second-order valence-corrected chi connectivity index (χ2v) is 8.42. The van der Waals surface area contributed by atoms with E-state index in [4.69, 9.17) is 9.47 Å². The number of hydrazone groups is 1. The fourth-order valence-corrected chi connectivity index (χ4v) is 4.48. The fraction of sp³-hybridized carbons (Fsp3) is 0.529. The molecule has 1 aromatic rings. The number of hydrogen-bond acceptors (Lipinski definition) is 7. The second-order valence-electron chi connectivity index (χ2n) is 6.19. The van der Waals surface area contributed by atoms with E-state index in [1.165, 1.54) is 14.2 Å².